The molecule has 0 atom stereocenters. The molecule has 0 saturated carbocycles. The number of hydrogen-bond acceptors (Lipinski definition) is 2. The third-order valence-electron chi connectivity index (χ3n) is 1.51. The SMILES string of the molecule is N#CCN(C=O)c1cccc(Cl)c1. The summed E-state index contributed by atoms with van der Waals surface area (Å²) in [5, 5.41) is 8.96. The molecule has 0 spiro atoms. The van der Waals surface area contributed by atoms with Crippen molar-refractivity contribution in [1.82, 2.24) is 0 Å². The zero-order chi connectivity index (χ0) is 9.68. The van der Waals surface area contributed by atoms with Crippen molar-refractivity contribution in [2.24, 2.45) is 0 Å². The molecule has 0 aliphatic heterocycles. The lowest BCUT2D eigenvalue weighted by atomic mass is 10.3. The van der Waals surface area contributed by atoms with E-state index in [0.717, 1.165) is 0 Å². The fraction of sp³-hybridized carbons (Fsp3) is 0.111. The quantitative estimate of drug-likeness (QED) is 0.544. The van der Waals surface area contributed by atoms with E-state index in [1.807, 2.05) is 6.07 Å². The molecule has 0 aromatic heterocycles. The smallest absolute Gasteiger partial charge is 0.215 e. The second-order valence-electron chi connectivity index (χ2n) is 2.37. The molecular weight excluding hydrogens is 188 g/mol. The van der Waals surface area contributed by atoms with Crippen molar-refractivity contribution in [2.45, 2.75) is 0 Å². The van der Waals surface area contributed by atoms with E-state index in [0.29, 0.717) is 17.1 Å². The fourth-order valence-corrected chi connectivity index (χ4v) is 1.10. The number of amides is 1. The van der Waals surface area contributed by atoms with Crippen LogP contribution in [-0.4, -0.2) is 13.0 Å². The zero-order valence-electron chi connectivity index (χ0n) is 6.77. The van der Waals surface area contributed by atoms with Crippen LogP contribution in [0.3, 0.4) is 0 Å². The molecule has 0 heterocycles. The summed E-state index contributed by atoms with van der Waals surface area (Å²) in [4.78, 5) is 11.8. The number of carbonyl (C=O) groups is 1. The highest BCUT2D eigenvalue weighted by Crippen LogP contribution is 2.17. The van der Waals surface area contributed by atoms with Gasteiger partial charge >= 0.3 is 0 Å². The van der Waals surface area contributed by atoms with Crippen molar-refractivity contribution < 1.29 is 4.79 Å². The summed E-state index contributed by atoms with van der Waals surface area (Å²) in [5.41, 5.74) is 0.629. The Bertz CT molecular complexity index is 346. The van der Waals surface area contributed by atoms with Crippen LogP contribution in [0.2, 0.25) is 5.02 Å². The summed E-state index contributed by atoms with van der Waals surface area (Å²) >= 11 is 5.72. The van der Waals surface area contributed by atoms with Gasteiger partial charge in [-0.25, -0.2) is 0 Å². The van der Waals surface area contributed by atoms with Crippen LogP contribution in [0.15, 0.2) is 24.3 Å². The van der Waals surface area contributed by atoms with Gasteiger partial charge in [-0.15, -0.1) is 0 Å². The Morgan fingerprint density at radius 1 is 1.62 bits per heavy atom. The Morgan fingerprint density at radius 2 is 2.38 bits per heavy atom. The molecule has 1 aromatic carbocycles. The van der Waals surface area contributed by atoms with E-state index in [1.54, 1.807) is 24.3 Å². The minimum Gasteiger partial charge on any atom is -0.301 e. The first-order valence-corrected chi connectivity index (χ1v) is 4.00. The molecule has 1 aromatic rings. The minimum atomic E-state index is 0.0316. The Balaban J connectivity index is 2.92. The van der Waals surface area contributed by atoms with Crippen molar-refractivity contribution in [2.75, 3.05) is 11.4 Å². The van der Waals surface area contributed by atoms with Crippen molar-refractivity contribution in [3.8, 4) is 6.07 Å². The Hall–Kier alpha value is -1.53. The maximum absolute atomic E-state index is 10.5. The number of carbonyl (C=O) groups excluding carboxylic acids is 1. The first kappa shape index (κ1) is 9.56. The zero-order valence-corrected chi connectivity index (χ0v) is 7.53. The van der Waals surface area contributed by atoms with Crippen LogP contribution in [0.25, 0.3) is 0 Å². The minimum absolute atomic E-state index is 0.0316. The van der Waals surface area contributed by atoms with Crippen LogP contribution in [0.1, 0.15) is 0 Å². The van der Waals surface area contributed by atoms with Gasteiger partial charge in [0.15, 0.2) is 0 Å². The van der Waals surface area contributed by atoms with E-state index in [1.165, 1.54) is 4.90 Å². The summed E-state index contributed by atoms with van der Waals surface area (Å²) in [7, 11) is 0. The van der Waals surface area contributed by atoms with Gasteiger partial charge in [0.05, 0.1) is 6.07 Å². The molecule has 4 heteroatoms. The molecule has 0 fully saturated rings. The number of benzene rings is 1. The molecule has 0 saturated heterocycles. The van der Waals surface area contributed by atoms with Crippen LogP contribution < -0.4 is 4.90 Å². The predicted molar refractivity (Wildman–Crippen MR) is 50.5 cm³/mol. The van der Waals surface area contributed by atoms with E-state index >= 15 is 0 Å². The Kier molecular flexibility index (Phi) is 3.30. The van der Waals surface area contributed by atoms with Gasteiger partial charge in [-0.2, -0.15) is 5.26 Å². The molecule has 1 amide bonds. The van der Waals surface area contributed by atoms with Gasteiger partial charge in [0, 0.05) is 10.7 Å². The first-order chi connectivity index (χ1) is 6.27. The second-order valence-corrected chi connectivity index (χ2v) is 2.81. The standard InChI is InChI=1S/C9H7ClN2O/c10-8-2-1-3-9(6-8)12(7-13)5-4-11/h1-3,6-7H,5H2. The molecule has 1 rings (SSSR count). The van der Waals surface area contributed by atoms with Gasteiger partial charge in [-0.1, -0.05) is 17.7 Å². The molecule has 0 N–H and O–H groups in total. The molecular formula is C9H7ClN2O. The topological polar surface area (TPSA) is 44.1 Å². The lowest BCUT2D eigenvalue weighted by molar-refractivity contribution is -0.107. The highest BCUT2D eigenvalue weighted by atomic mass is 35.5. The van der Waals surface area contributed by atoms with Crippen molar-refractivity contribution in [3.63, 3.8) is 0 Å². The number of nitrogens with zero attached hydrogens (tertiary/aromatic N) is 2. The van der Waals surface area contributed by atoms with Crippen LogP contribution >= 0.6 is 11.6 Å². The molecule has 0 radical (unpaired) electrons. The number of nitriles is 1. The van der Waals surface area contributed by atoms with Gasteiger partial charge in [0.2, 0.25) is 6.41 Å². The maximum atomic E-state index is 10.5. The number of anilines is 1. The van der Waals surface area contributed by atoms with Gasteiger partial charge < -0.3 is 4.90 Å². The molecule has 13 heavy (non-hydrogen) atoms. The molecule has 66 valence electrons. The summed E-state index contributed by atoms with van der Waals surface area (Å²) in [6.07, 6.45) is 0.606. The molecule has 0 bridgehead atoms. The normalized spacial score (nSPS) is 8.92. The van der Waals surface area contributed by atoms with Crippen LogP contribution in [-0.2, 0) is 4.79 Å². The van der Waals surface area contributed by atoms with Crippen molar-refractivity contribution in [1.29, 1.82) is 5.26 Å². The average molecular weight is 195 g/mol. The second kappa shape index (κ2) is 4.48. The van der Waals surface area contributed by atoms with Gasteiger partial charge in [-0.3, -0.25) is 4.79 Å². The predicted octanol–water partition coefficient (Wildman–Crippen LogP) is 1.83. The Labute approximate surface area is 81.1 Å². The summed E-state index contributed by atoms with van der Waals surface area (Å²) < 4.78 is 0. The maximum Gasteiger partial charge on any atom is 0.215 e. The van der Waals surface area contributed by atoms with Crippen LogP contribution in [0, 0.1) is 11.3 Å². The first-order valence-electron chi connectivity index (χ1n) is 3.62. The molecule has 0 aliphatic carbocycles. The molecule has 0 unspecified atom stereocenters. The summed E-state index contributed by atoms with van der Waals surface area (Å²) in [6.45, 7) is 0.0316. The van der Waals surface area contributed by atoms with E-state index < -0.39 is 0 Å². The monoisotopic (exact) mass is 194 g/mol. The third kappa shape index (κ3) is 2.46. The van der Waals surface area contributed by atoms with Gasteiger partial charge in [0.25, 0.3) is 0 Å². The number of halogens is 1. The van der Waals surface area contributed by atoms with E-state index in [2.05, 4.69) is 0 Å². The Morgan fingerprint density at radius 3 is 2.92 bits per heavy atom. The summed E-state index contributed by atoms with van der Waals surface area (Å²) in [6, 6.07) is 8.68. The van der Waals surface area contributed by atoms with Gasteiger partial charge in [0.1, 0.15) is 6.54 Å². The van der Waals surface area contributed by atoms with E-state index in [-0.39, 0.29) is 6.54 Å². The lowest BCUT2D eigenvalue weighted by Crippen LogP contribution is -2.20. The van der Waals surface area contributed by atoms with Crippen molar-refractivity contribution >= 4 is 23.7 Å². The third-order valence-corrected chi connectivity index (χ3v) is 1.74. The summed E-state index contributed by atoms with van der Waals surface area (Å²) in [5.74, 6) is 0. The van der Waals surface area contributed by atoms with Crippen LogP contribution in [0.4, 0.5) is 5.69 Å². The highest BCUT2D eigenvalue weighted by Gasteiger charge is 2.03. The fourth-order valence-electron chi connectivity index (χ4n) is 0.920. The number of rotatable bonds is 3. The molecule has 0 aliphatic rings. The van der Waals surface area contributed by atoms with Crippen LogP contribution in [0.5, 0.6) is 0 Å². The molecule has 3 nitrogen and oxygen atoms in total. The van der Waals surface area contributed by atoms with Gasteiger partial charge in [-0.05, 0) is 18.2 Å². The van der Waals surface area contributed by atoms with E-state index in [4.69, 9.17) is 16.9 Å². The largest absolute Gasteiger partial charge is 0.301 e. The average Bonchev–Trinajstić information content (AvgIpc) is 2.14. The number of hydrogen-bond donors (Lipinski definition) is 0. The lowest BCUT2D eigenvalue weighted by Gasteiger charge is -2.12. The van der Waals surface area contributed by atoms with E-state index in [9.17, 15) is 4.79 Å². The van der Waals surface area contributed by atoms with Crippen molar-refractivity contribution in [3.05, 3.63) is 29.3 Å². The highest BCUT2D eigenvalue weighted by molar-refractivity contribution is 6.30.